The van der Waals surface area contributed by atoms with E-state index in [0.29, 0.717) is 17.6 Å². The molecule has 174 valence electrons. The summed E-state index contributed by atoms with van der Waals surface area (Å²) in [6.45, 7) is 7.76. The molecular formula is C24H31N7OS. The zero-order valence-electron chi connectivity index (χ0n) is 19.6. The molecular weight excluding hydrogens is 434 g/mol. The molecule has 0 saturated carbocycles. The van der Waals surface area contributed by atoms with Gasteiger partial charge in [0.05, 0.1) is 0 Å². The molecule has 1 saturated heterocycles. The lowest BCUT2D eigenvalue weighted by Crippen LogP contribution is -2.37. The van der Waals surface area contributed by atoms with Crippen molar-refractivity contribution in [2.75, 3.05) is 30.8 Å². The standard InChI is InChI=1S/C24H31N7OS/c1-15-13-21(30-29-15)26-23-17(3)22(25-19-9-11-31(4)12-10-19)27-24(28-23)33-20-7-5-18(6-8-20)14-16(2)32/h5-8,13,19H,9-12,14H2,1-4H3,(H3,25,26,27,28,29,30). The fourth-order valence-electron chi connectivity index (χ4n) is 3.82. The monoisotopic (exact) mass is 465 g/mol. The number of hydrogen-bond acceptors (Lipinski definition) is 8. The number of ketones is 1. The Morgan fingerprint density at radius 1 is 1.15 bits per heavy atom. The fraction of sp³-hybridized carbons (Fsp3) is 0.417. The van der Waals surface area contributed by atoms with Crippen molar-refractivity contribution in [3.05, 3.63) is 47.2 Å². The minimum atomic E-state index is 0.159. The third-order valence-corrected chi connectivity index (χ3v) is 6.60. The first kappa shape index (κ1) is 23.3. The van der Waals surface area contributed by atoms with Gasteiger partial charge in [0.15, 0.2) is 11.0 Å². The Morgan fingerprint density at radius 2 is 1.85 bits per heavy atom. The highest BCUT2D eigenvalue weighted by molar-refractivity contribution is 7.99. The van der Waals surface area contributed by atoms with Crippen LogP contribution in [-0.4, -0.2) is 57.0 Å². The molecule has 1 fully saturated rings. The number of aryl methyl sites for hydroxylation is 1. The van der Waals surface area contributed by atoms with Gasteiger partial charge >= 0.3 is 0 Å². The van der Waals surface area contributed by atoms with Crippen LogP contribution in [0.2, 0.25) is 0 Å². The molecule has 0 bridgehead atoms. The van der Waals surface area contributed by atoms with E-state index < -0.39 is 0 Å². The summed E-state index contributed by atoms with van der Waals surface area (Å²) in [5.41, 5.74) is 2.96. The van der Waals surface area contributed by atoms with Crippen molar-refractivity contribution >= 4 is 35.0 Å². The van der Waals surface area contributed by atoms with Gasteiger partial charge in [-0.05, 0) is 83.2 Å². The number of H-pyrrole nitrogens is 1. The second-order valence-electron chi connectivity index (χ2n) is 8.74. The van der Waals surface area contributed by atoms with Gasteiger partial charge in [0.2, 0.25) is 0 Å². The number of Topliss-reactive ketones (excluding diaryl/α,β-unsaturated/α-hetero) is 1. The van der Waals surface area contributed by atoms with Gasteiger partial charge in [-0.3, -0.25) is 9.89 Å². The maximum absolute atomic E-state index is 11.4. The zero-order valence-corrected chi connectivity index (χ0v) is 20.4. The lowest BCUT2D eigenvalue weighted by molar-refractivity contribution is -0.116. The molecule has 8 nitrogen and oxygen atoms in total. The van der Waals surface area contributed by atoms with Crippen LogP contribution >= 0.6 is 11.8 Å². The van der Waals surface area contributed by atoms with E-state index in [1.54, 1.807) is 6.92 Å². The second-order valence-corrected chi connectivity index (χ2v) is 9.78. The van der Waals surface area contributed by atoms with Gasteiger partial charge < -0.3 is 15.5 Å². The van der Waals surface area contributed by atoms with Crippen LogP contribution in [0.4, 0.5) is 17.5 Å². The number of nitrogens with one attached hydrogen (secondary N) is 3. The number of aromatic amines is 1. The molecule has 4 rings (SSSR count). The summed E-state index contributed by atoms with van der Waals surface area (Å²) in [6.07, 6.45) is 2.62. The summed E-state index contributed by atoms with van der Waals surface area (Å²) >= 11 is 1.51. The predicted octanol–water partition coefficient (Wildman–Crippen LogP) is 4.35. The molecule has 33 heavy (non-hydrogen) atoms. The summed E-state index contributed by atoms with van der Waals surface area (Å²) in [6, 6.07) is 10.3. The molecule has 1 aromatic carbocycles. The maximum Gasteiger partial charge on any atom is 0.196 e. The highest BCUT2D eigenvalue weighted by Crippen LogP contribution is 2.31. The maximum atomic E-state index is 11.4. The first-order valence-electron chi connectivity index (χ1n) is 11.2. The Labute approximate surface area is 199 Å². The number of benzene rings is 1. The Hall–Kier alpha value is -2.91. The summed E-state index contributed by atoms with van der Waals surface area (Å²) in [5, 5.41) is 14.9. The topological polar surface area (TPSA) is 98.8 Å². The van der Waals surface area contributed by atoms with E-state index in [1.165, 1.54) is 11.8 Å². The molecule has 0 aliphatic carbocycles. The minimum Gasteiger partial charge on any atom is -0.367 e. The van der Waals surface area contributed by atoms with Crippen LogP contribution in [-0.2, 0) is 11.2 Å². The minimum absolute atomic E-state index is 0.159. The fourth-order valence-corrected chi connectivity index (χ4v) is 4.58. The van der Waals surface area contributed by atoms with Gasteiger partial charge in [-0.1, -0.05) is 12.1 Å². The SMILES string of the molecule is CC(=O)Cc1ccc(Sc2nc(Nc3cc(C)[nH]n3)c(C)c(NC3CCN(C)CC3)n2)cc1. The Bertz CT molecular complexity index is 1100. The predicted molar refractivity (Wildman–Crippen MR) is 132 cm³/mol. The largest absolute Gasteiger partial charge is 0.367 e. The number of piperidine rings is 1. The number of nitrogens with zero attached hydrogens (tertiary/aromatic N) is 4. The molecule has 2 aromatic heterocycles. The number of carbonyl (C=O) groups is 1. The van der Waals surface area contributed by atoms with Crippen LogP contribution in [0, 0.1) is 13.8 Å². The zero-order chi connectivity index (χ0) is 23.4. The first-order chi connectivity index (χ1) is 15.9. The Morgan fingerprint density at radius 3 is 2.48 bits per heavy atom. The van der Waals surface area contributed by atoms with Gasteiger partial charge in [-0.25, -0.2) is 9.97 Å². The van der Waals surface area contributed by atoms with E-state index in [9.17, 15) is 4.79 Å². The van der Waals surface area contributed by atoms with Crippen molar-refractivity contribution in [3.8, 4) is 0 Å². The van der Waals surface area contributed by atoms with Crippen molar-refractivity contribution < 1.29 is 4.79 Å². The average molecular weight is 466 g/mol. The molecule has 0 spiro atoms. The number of rotatable bonds is 8. The summed E-state index contributed by atoms with van der Waals surface area (Å²) in [5.74, 6) is 2.47. The summed E-state index contributed by atoms with van der Waals surface area (Å²) in [4.78, 5) is 24.4. The quantitative estimate of drug-likeness (QED) is 0.422. The highest BCUT2D eigenvalue weighted by atomic mass is 32.2. The Balaban J connectivity index is 1.59. The van der Waals surface area contributed by atoms with Crippen molar-refractivity contribution in [2.45, 2.75) is 56.1 Å². The third-order valence-electron chi connectivity index (χ3n) is 5.72. The van der Waals surface area contributed by atoms with Crippen LogP contribution in [0.15, 0.2) is 40.4 Å². The molecule has 1 aliphatic heterocycles. The van der Waals surface area contributed by atoms with Gasteiger partial charge in [-0.2, -0.15) is 5.10 Å². The first-order valence-corrected chi connectivity index (χ1v) is 12.1. The normalized spacial score (nSPS) is 14.9. The number of anilines is 3. The summed E-state index contributed by atoms with van der Waals surface area (Å²) in [7, 11) is 2.16. The molecule has 0 radical (unpaired) electrons. The smallest absolute Gasteiger partial charge is 0.196 e. The summed E-state index contributed by atoms with van der Waals surface area (Å²) < 4.78 is 0. The van der Waals surface area contributed by atoms with E-state index in [1.807, 2.05) is 44.2 Å². The van der Waals surface area contributed by atoms with Gasteiger partial charge in [0.1, 0.15) is 17.4 Å². The van der Waals surface area contributed by atoms with Gasteiger partial charge in [0, 0.05) is 34.7 Å². The van der Waals surface area contributed by atoms with Crippen molar-refractivity contribution in [1.29, 1.82) is 0 Å². The van der Waals surface area contributed by atoms with Crippen molar-refractivity contribution in [3.63, 3.8) is 0 Å². The van der Waals surface area contributed by atoms with Crippen molar-refractivity contribution in [1.82, 2.24) is 25.1 Å². The number of likely N-dealkylation sites (tertiary alicyclic amines) is 1. The molecule has 3 aromatic rings. The van der Waals surface area contributed by atoms with Crippen LogP contribution in [0.3, 0.4) is 0 Å². The van der Waals surface area contributed by atoms with E-state index in [4.69, 9.17) is 9.97 Å². The molecule has 1 aliphatic rings. The number of aromatic nitrogens is 4. The molecule has 0 amide bonds. The lowest BCUT2D eigenvalue weighted by atomic mass is 10.1. The van der Waals surface area contributed by atoms with Gasteiger partial charge in [0.25, 0.3) is 0 Å². The van der Waals surface area contributed by atoms with Crippen LogP contribution in [0.25, 0.3) is 0 Å². The van der Waals surface area contributed by atoms with Crippen molar-refractivity contribution in [2.24, 2.45) is 0 Å². The third kappa shape index (κ3) is 6.33. The number of hydrogen-bond donors (Lipinski definition) is 3. The van der Waals surface area contributed by atoms with E-state index in [-0.39, 0.29) is 5.78 Å². The average Bonchev–Trinajstić information content (AvgIpc) is 3.18. The molecule has 3 N–H and O–H groups in total. The lowest BCUT2D eigenvalue weighted by Gasteiger charge is -2.30. The highest BCUT2D eigenvalue weighted by Gasteiger charge is 2.20. The second kappa shape index (κ2) is 10.4. The van der Waals surface area contributed by atoms with Crippen LogP contribution in [0.1, 0.15) is 36.6 Å². The molecule has 9 heteroatoms. The van der Waals surface area contributed by atoms with E-state index in [0.717, 1.165) is 65.1 Å². The van der Waals surface area contributed by atoms with Crippen LogP contribution in [0.5, 0.6) is 0 Å². The van der Waals surface area contributed by atoms with E-state index >= 15 is 0 Å². The Kier molecular flexibility index (Phi) is 7.29. The van der Waals surface area contributed by atoms with Gasteiger partial charge in [-0.15, -0.1) is 0 Å². The van der Waals surface area contributed by atoms with Crippen LogP contribution < -0.4 is 10.6 Å². The van der Waals surface area contributed by atoms with E-state index in [2.05, 4.69) is 32.8 Å². The molecule has 3 heterocycles. The molecule has 0 atom stereocenters. The molecule has 0 unspecified atom stereocenters. The number of carbonyl (C=O) groups excluding carboxylic acids is 1.